The van der Waals surface area contributed by atoms with E-state index in [1.165, 1.54) is 22.7 Å². The highest BCUT2D eigenvalue weighted by molar-refractivity contribution is 7.99. The molecule has 0 unspecified atom stereocenters. The third kappa shape index (κ3) is 5.16. The molecule has 0 spiro atoms. The number of nitrogens with one attached hydrogen (secondary N) is 1. The first-order valence-electron chi connectivity index (χ1n) is 6.59. The third-order valence-corrected chi connectivity index (χ3v) is 4.09. The molecule has 3 aromatic heterocycles. The number of nitrogens with zero attached hydrogens (tertiary/aromatic N) is 3. The van der Waals surface area contributed by atoms with Crippen LogP contribution in [0.3, 0.4) is 0 Å². The fourth-order valence-electron chi connectivity index (χ4n) is 1.49. The van der Waals surface area contributed by atoms with Gasteiger partial charge in [0.15, 0.2) is 10.9 Å². The molecular formula is C14H14N4O3S2. The summed E-state index contributed by atoms with van der Waals surface area (Å²) < 4.78 is 4.32. The van der Waals surface area contributed by atoms with E-state index in [0.717, 1.165) is 16.6 Å². The summed E-state index contributed by atoms with van der Waals surface area (Å²) in [6, 6.07) is 7.40. The molecule has 1 amide bonds. The van der Waals surface area contributed by atoms with Crippen LogP contribution in [0, 0.1) is 0 Å². The van der Waals surface area contributed by atoms with Crippen LogP contribution >= 0.6 is 23.1 Å². The molecule has 0 radical (unpaired) electrons. The van der Waals surface area contributed by atoms with E-state index in [4.69, 9.17) is 5.21 Å². The Hall–Kier alpha value is -2.23. The molecule has 0 aliphatic heterocycles. The highest BCUT2D eigenvalue weighted by atomic mass is 32.2. The fraction of sp³-hybridized carbons (Fsp3) is 0.143. The van der Waals surface area contributed by atoms with Gasteiger partial charge in [-0.1, -0.05) is 29.9 Å². The van der Waals surface area contributed by atoms with Crippen molar-refractivity contribution in [3.8, 4) is 10.6 Å². The molecule has 3 aromatic rings. The lowest BCUT2D eigenvalue weighted by atomic mass is 10.3. The lowest BCUT2D eigenvalue weighted by Crippen LogP contribution is -2.18. The molecule has 0 aliphatic carbocycles. The summed E-state index contributed by atoms with van der Waals surface area (Å²) in [6.07, 6.45) is 3.06. The second-order valence-corrected chi connectivity index (χ2v) is 6.14. The average molecular weight is 350 g/mol. The number of hydroxylamine groups is 1. The normalized spacial score (nSPS) is 9.83. The van der Waals surface area contributed by atoms with Gasteiger partial charge in [-0.05, 0) is 23.3 Å². The van der Waals surface area contributed by atoms with E-state index in [9.17, 15) is 4.79 Å². The highest BCUT2D eigenvalue weighted by Gasteiger charge is 2.05. The number of hydrogen-bond donors (Lipinski definition) is 2. The first kappa shape index (κ1) is 17.1. The van der Waals surface area contributed by atoms with Crippen LogP contribution < -0.4 is 5.48 Å². The lowest BCUT2D eigenvalue weighted by molar-refractivity contribution is 0.0696. The molecule has 0 atom stereocenters. The summed E-state index contributed by atoms with van der Waals surface area (Å²) in [5, 5.41) is 14.2. The van der Waals surface area contributed by atoms with Crippen molar-refractivity contribution in [2.24, 2.45) is 0 Å². The molecule has 2 N–H and O–H groups in total. The van der Waals surface area contributed by atoms with Crippen LogP contribution in [0.1, 0.15) is 17.4 Å². The van der Waals surface area contributed by atoms with Gasteiger partial charge < -0.3 is 4.52 Å². The van der Waals surface area contributed by atoms with Gasteiger partial charge in [-0.25, -0.2) is 15.4 Å². The Bertz CT molecular complexity index is 717. The minimum atomic E-state index is -0.677. The van der Waals surface area contributed by atoms with E-state index in [0.29, 0.717) is 0 Å². The minimum absolute atomic E-state index is 0.0532. The zero-order valence-corrected chi connectivity index (χ0v) is 13.8. The Kier molecular flexibility index (Phi) is 6.73. The maximum atomic E-state index is 10.4. The Labute approximate surface area is 140 Å². The summed E-state index contributed by atoms with van der Waals surface area (Å²) in [7, 11) is 0. The molecular weight excluding hydrogens is 336 g/mol. The summed E-state index contributed by atoms with van der Waals surface area (Å²) in [5.74, 6) is 0.331. The van der Waals surface area contributed by atoms with Crippen LogP contribution in [-0.2, 0) is 0 Å². The van der Waals surface area contributed by atoms with Crippen molar-refractivity contribution in [2.45, 2.75) is 12.1 Å². The van der Waals surface area contributed by atoms with Crippen molar-refractivity contribution in [2.75, 3.05) is 5.75 Å². The molecule has 23 heavy (non-hydrogen) atoms. The van der Waals surface area contributed by atoms with E-state index < -0.39 is 5.91 Å². The Balaban J connectivity index is 0.000000185. The molecule has 0 aliphatic rings. The highest BCUT2D eigenvalue weighted by Crippen LogP contribution is 2.23. The van der Waals surface area contributed by atoms with Crippen LogP contribution in [-0.4, -0.2) is 32.0 Å². The molecule has 0 aromatic carbocycles. The van der Waals surface area contributed by atoms with Crippen molar-refractivity contribution >= 4 is 29.0 Å². The number of thioether (sulfide) groups is 1. The van der Waals surface area contributed by atoms with Gasteiger partial charge in [0, 0.05) is 12.3 Å². The van der Waals surface area contributed by atoms with Crippen LogP contribution in [0.2, 0.25) is 0 Å². The number of carbonyl (C=O) groups is 1. The second-order valence-electron chi connectivity index (χ2n) is 3.96. The zero-order chi connectivity index (χ0) is 16.5. The molecule has 0 saturated carbocycles. The number of thiophene rings is 1. The van der Waals surface area contributed by atoms with Crippen LogP contribution in [0.5, 0.6) is 0 Å². The van der Waals surface area contributed by atoms with Crippen molar-refractivity contribution in [1.29, 1.82) is 0 Å². The van der Waals surface area contributed by atoms with E-state index >= 15 is 0 Å². The van der Waals surface area contributed by atoms with Gasteiger partial charge in [0.05, 0.1) is 10.6 Å². The molecule has 120 valence electrons. The van der Waals surface area contributed by atoms with E-state index in [1.54, 1.807) is 23.1 Å². The third-order valence-electron chi connectivity index (χ3n) is 2.45. The van der Waals surface area contributed by atoms with Crippen molar-refractivity contribution in [3.63, 3.8) is 0 Å². The second kappa shape index (κ2) is 9.03. The topological polar surface area (TPSA) is 101 Å². The predicted octanol–water partition coefficient (Wildman–Crippen LogP) is 3.11. The largest absolute Gasteiger partial charge is 0.364 e. The first-order valence-corrected chi connectivity index (χ1v) is 8.45. The smallest absolute Gasteiger partial charge is 0.296 e. The van der Waals surface area contributed by atoms with Gasteiger partial charge in [-0.15, -0.1) is 11.3 Å². The number of rotatable bonds is 4. The monoisotopic (exact) mass is 350 g/mol. The van der Waals surface area contributed by atoms with E-state index in [-0.39, 0.29) is 5.69 Å². The molecule has 9 heteroatoms. The summed E-state index contributed by atoms with van der Waals surface area (Å²) >= 11 is 3.37. The lowest BCUT2D eigenvalue weighted by Gasteiger charge is -1.99. The van der Waals surface area contributed by atoms with Crippen molar-refractivity contribution in [3.05, 3.63) is 47.8 Å². The maximum Gasteiger partial charge on any atom is 0.296 e. The molecule has 3 heterocycles. The average Bonchev–Trinajstić information content (AvgIpc) is 3.29. The van der Waals surface area contributed by atoms with Gasteiger partial charge in [0.2, 0.25) is 0 Å². The SMILES string of the molecule is CCSc1nccc(-c2cccs2)n1.O=C(NO)c1ccon1. The molecule has 0 bridgehead atoms. The maximum absolute atomic E-state index is 10.4. The number of hydrogen-bond acceptors (Lipinski definition) is 8. The summed E-state index contributed by atoms with van der Waals surface area (Å²) in [5.41, 5.74) is 2.48. The quantitative estimate of drug-likeness (QED) is 0.323. The van der Waals surface area contributed by atoms with Crippen molar-refractivity contribution in [1.82, 2.24) is 20.6 Å². The van der Waals surface area contributed by atoms with Gasteiger partial charge >= 0.3 is 0 Å². The minimum Gasteiger partial charge on any atom is -0.364 e. The van der Waals surface area contributed by atoms with Crippen LogP contribution in [0.25, 0.3) is 10.6 Å². The van der Waals surface area contributed by atoms with Crippen molar-refractivity contribution < 1.29 is 14.5 Å². The fourth-order valence-corrected chi connectivity index (χ4v) is 2.74. The molecule has 3 rings (SSSR count). The van der Waals surface area contributed by atoms with Gasteiger partial charge in [0.25, 0.3) is 5.91 Å². The zero-order valence-electron chi connectivity index (χ0n) is 12.2. The van der Waals surface area contributed by atoms with Crippen LogP contribution in [0.15, 0.2) is 51.8 Å². The van der Waals surface area contributed by atoms with E-state index in [1.807, 2.05) is 18.3 Å². The van der Waals surface area contributed by atoms with Gasteiger partial charge in [-0.2, -0.15) is 0 Å². The molecule has 0 saturated heterocycles. The Morgan fingerprint density at radius 1 is 1.43 bits per heavy atom. The standard InChI is InChI=1S/C10H10N2S2.C4H4N2O3/c1-2-13-10-11-6-5-8(12-10)9-4-3-7-14-9;7-4(5-8)3-1-2-9-6-3/h3-7H,2H2,1H3;1-2,8H,(H,5,7). The number of amides is 1. The number of carbonyl (C=O) groups excluding carboxylic acids is 1. The van der Waals surface area contributed by atoms with E-state index in [2.05, 4.69) is 38.0 Å². The first-order chi connectivity index (χ1) is 11.2. The predicted molar refractivity (Wildman–Crippen MR) is 87.5 cm³/mol. The Morgan fingerprint density at radius 3 is 2.91 bits per heavy atom. The number of aromatic nitrogens is 3. The van der Waals surface area contributed by atoms with Gasteiger partial charge in [0.1, 0.15) is 6.26 Å². The molecule has 7 nitrogen and oxygen atoms in total. The Morgan fingerprint density at radius 2 is 2.30 bits per heavy atom. The van der Waals surface area contributed by atoms with Crippen LogP contribution in [0.4, 0.5) is 0 Å². The summed E-state index contributed by atoms with van der Waals surface area (Å²) in [4.78, 5) is 20.3. The molecule has 0 fully saturated rings. The summed E-state index contributed by atoms with van der Waals surface area (Å²) in [6.45, 7) is 2.10. The van der Waals surface area contributed by atoms with Gasteiger partial charge in [-0.3, -0.25) is 10.0 Å².